The molecule has 1 aliphatic rings. The van der Waals surface area contributed by atoms with E-state index in [1.165, 1.54) is 5.56 Å². The quantitative estimate of drug-likeness (QED) is 0.302. The highest BCUT2D eigenvalue weighted by molar-refractivity contribution is 9.10. The summed E-state index contributed by atoms with van der Waals surface area (Å²) >= 11 is 3.23. The van der Waals surface area contributed by atoms with Gasteiger partial charge >= 0.3 is 0 Å². The van der Waals surface area contributed by atoms with Crippen molar-refractivity contribution in [2.75, 3.05) is 24.9 Å². The number of carbonyl (C=O) groups is 1. The fourth-order valence-electron chi connectivity index (χ4n) is 4.33. The standard InChI is InChI=1S/C26H24BrN3O4/c1-32-21-10-8-16(14-23(21)33-2)28-25-17-5-3-4-6-19(17)30-20-9-7-15(13-18(20)25)29-26(31)22-11-12-24(27)34-22/h7-14H,3-6H2,1-2H3,(H,28,30)(H,29,31). The molecule has 8 heteroatoms. The van der Waals surface area contributed by atoms with Crippen LogP contribution in [0.3, 0.4) is 0 Å². The first-order valence-electron chi connectivity index (χ1n) is 11.1. The van der Waals surface area contributed by atoms with Crippen molar-refractivity contribution in [3.63, 3.8) is 0 Å². The number of benzene rings is 2. The maximum absolute atomic E-state index is 12.6. The van der Waals surface area contributed by atoms with Crippen LogP contribution < -0.4 is 20.1 Å². The first kappa shape index (κ1) is 22.3. The number of carbonyl (C=O) groups excluding carboxylic acids is 1. The molecule has 4 aromatic rings. The van der Waals surface area contributed by atoms with E-state index >= 15 is 0 Å². The van der Waals surface area contributed by atoms with Gasteiger partial charge in [0.25, 0.3) is 5.91 Å². The number of rotatable bonds is 6. The van der Waals surface area contributed by atoms with Gasteiger partial charge in [-0.3, -0.25) is 9.78 Å². The second-order valence-electron chi connectivity index (χ2n) is 8.10. The molecule has 0 saturated heterocycles. The Balaban J connectivity index is 1.57. The van der Waals surface area contributed by atoms with Crippen LogP contribution in [-0.2, 0) is 12.8 Å². The van der Waals surface area contributed by atoms with Gasteiger partial charge in [0.1, 0.15) is 0 Å². The maximum Gasteiger partial charge on any atom is 0.291 e. The number of fused-ring (bicyclic) bond motifs is 2. The molecular formula is C26H24BrN3O4. The third kappa shape index (κ3) is 4.33. The van der Waals surface area contributed by atoms with Crippen LogP contribution in [0.25, 0.3) is 10.9 Å². The highest BCUT2D eigenvalue weighted by atomic mass is 79.9. The molecule has 0 bridgehead atoms. The van der Waals surface area contributed by atoms with Crippen molar-refractivity contribution in [1.82, 2.24) is 4.98 Å². The Labute approximate surface area is 205 Å². The van der Waals surface area contributed by atoms with Gasteiger partial charge in [-0.25, -0.2) is 0 Å². The van der Waals surface area contributed by atoms with Crippen LogP contribution in [0.1, 0.15) is 34.7 Å². The molecular weight excluding hydrogens is 498 g/mol. The van der Waals surface area contributed by atoms with E-state index in [1.807, 2.05) is 36.4 Å². The number of aromatic nitrogens is 1. The monoisotopic (exact) mass is 521 g/mol. The zero-order chi connectivity index (χ0) is 23.7. The van der Waals surface area contributed by atoms with Gasteiger partial charge in [-0.05, 0) is 89.6 Å². The van der Waals surface area contributed by atoms with Crippen LogP contribution in [0.2, 0.25) is 0 Å². The van der Waals surface area contributed by atoms with E-state index in [9.17, 15) is 4.79 Å². The number of hydrogen-bond acceptors (Lipinski definition) is 6. The number of nitrogens with one attached hydrogen (secondary N) is 2. The Morgan fingerprint density at radius 1 is 0.971 bits per heavy atom. The van der Waals surface area contributed by atoms with Crippen molar-refractivity contribution in [3.8, 4) is 11.5 Å². The molecule has 0 unspecified atom stereocenters. The molecule has 0 radical (unpaired) electrons. The van der Waals surface area contributed by atoms with E-state index < -0.39 is 0 Å². The zero-order valence-electron chi connectivity index (χ0n) is 18.9. The minimum atomic E-state index is -0.314. The molecule has 0 spiro atoms. The number of aryl methyl sites for hydroxylation is 1. The van der Waals surface area contributed by atoms with Gasteiger partial charge in [-0.1, -0.05) is 0 Å². The van der Waals surface area contributed by atoms with E-state index in [0.717, 1.165) is 53.7 Å². The van der Waals surface area contributed by atoms with Crippen LogP contribution >= 0.6 is 15.9 Å². The van der Waals surface area contributed by atoms with Gasteiger partial charge in [-0.2, -0.15) is 0 Å². The Morgan fingerprint density at radius 3 is 2.53 bits per heavy atom. The summed E-state index contributed by atoms with van der Waals surface area (Å²) in [6, 6.07) is 14.8. The molecule has 1 aliphatic carbocycles. The fraction of sp³-hybridized carbons (Fsp3) is 0.231. The molecule has 2 N–H and O–H groups in total. The van der Waals surface area contributed by atoms with Gasteiger partial charge in [0.05, 0.1) is 25.4 Å². The second kappa shape index (κ2) is 9.38. The van der Waals surface area contributed by atoms with E-state index in [0.29, 0.717) is 21.9 Å². The molecule has 34 heavy (non-hydrogen) atoms. The molecule has 0 aliphatic heterocycles. The third-order valence-corrected chi connectivity index (χ3v) is 6.40. The molecule has 2 aromatic carbocycles. The molecule has 174 valence electrons. The van der Waals surface area contributed by atoms with Gasteiger partial charge in [-0.15, -0.1) is 0 Å². The number of amides is 1. The highest BCUT2D eigenvalue weighted by Crippen LogP contribution is 2.38. The van der Waals surface area contributed by atoms with Gasteiger partial charge < -0.3 is 24.5 Å². The molecule has 7 nitrogen and oxygen atoms in total. The number of furan rings is 1. The first-order valence-corrected chi connectivity index (χ1v) is 11.9. The lowest BCUT2D eigenvalue weighted by Gasteiger charge is -2.22. The van der Waals surface area contributed by atoms with Crippen molar-refractivity contribution in [1.29, 1.82) is 0 Å². The predicted octanol–water partition coefficient (Wildman–Crippen LogP) is 6.48. The van der Waals surface area contributed by atoms with Gasteiger partial charge in [0.15, 0.2) is 21.9 Å². The summed E-state index contributed by atoms with van der Waals surface area (Å²) in [5.41, 5.74) is 5.77. The van der Waals surface area contributed by atoms with Crippen molar-refractivity contribution in [3.05, 3.63) is 70.2 Å². The number of hydrogen-bond donors (Lipinski definition) is 2. The van der Waals surface area contributed by atoms with Crippen LogP contribution in [-0.4, -0.2) is 25.1 Å². The lowest BCUT2D eigenvalue weighted by Crippen LogP contribution is -2.12. The van der Waals surface area contributed by atoms with Crippen LogP contribution in [0.4, 0.5) is 17.1 Å². The Kier molecular flexibility index (Phi) is 6.15. The number of nitrogens with zero attached hydrogens (tertiary/aromatic N) is 1. The molecule has 0 atom stereocenters. The molecule has 2 aromatic heterocycles. The highest BCUT2D eigenvalue weighted by Gasteiger charge is 2.20. The van der Waals surface area contributed by atoms with Gasteiger partial charge in [0, 0.05) is 28.5 Å². The van der Waals surface area contributed by atoms with Crippen LogP contribution in [0.15, 0.2) is 57.6 Å². The maximum atomic E-state index is 12.6. The summed E-state index contributed by atoms with van der Waals surface area (Å²) in [5, 5.41) is 7.46. The topological polar surface area (TPSA) is 85.6 Å². The Morgan fingerprint density at radius 2 is 1.76 bits per heavy atom. The number of anilines is 3. The number of halogens is 1. The molecule has 1 amide bonds. The van der Waals surface area contributed by atoms with E-state index in [1.54, 1.807) is 26.4 Å². The SMILES string of the molecule is COc1ccc(Nc2c3c(nc4ccc(NC(=O)c5ccc(Br)o5)cc24)CCCC3)cc1OC. The lowest BCUT2D eigenvalue weighted by molar-refractivity contribution is 0.0995. The van der Waals surface area contributed by atoms with Crippen LogP contribution in [0.5, 0.6) is 11.5 Å². The number of methoxy groups -OCH3 is 2. The summed E-state index contributed by atoms with van der Waals surface area (Å²) in [6.07, 6.45) is 4.15. The Bertz CT molecular complexity index is 1380. The summed E-state index contributed by atoms with van der Waals surface area (Å²) in [7, 11) is 3.24. The second-order valence-corrected chi connectivity index (χ2v) is 8.89. The third-order valence-electron chi connectivity index (χ3n) is 5.97. The smallest absolute Gasteiger partial charge is 0.291 e. The number of ether oxygens (including phenoxy) is 2. The van der Waals surface area contributed by atoms with Crippen LogP contribution in [0, 0.1) is 0 Å². The predicted molar refractivity (Wildman–Crippen MR) is 136 cm³/mol. The average Bonchev–Trinajstić information content (AvgIpc) is 3.30. The molecule has 0 fully saturated rings. The van der Waals surface area contributed by atoms with Crippen molar-refractivity contribution in [2.45, 2.75) is 25.7 Å². The van der Waals surface area contributed by atoms with Gasteiger partial charge in [0.2, 0.25) is 0 Å². The summed E-state index contributed by atoms with van der Waals surface area (Å²) in [5.74, 6) is 1.24. The first-order chi connectivity index (χ1) is 16.6. The Hall–Kier alpha value is -3.52. The van der Waals surface area contributed by atoms with Crippen molar-refractivity contribution < 1.29 is 18.7 Å². The zero-order valence-corrected chi connectivity index (χ0v) is 20.5. The largest absolute Gasteiger partial charge is 0.493 e. The van der Waals surface area contributed by atoms with E-state index in [4.69, 9.17) is 18.9 Å². The normalized spacial score (nSPS) is 12.8. The fourth-order valence-corrected chi connectivity index (χ4v) is 4.64. The van der Waals surface area contributed by atoms with Crippen molar-refractivity contribution in [2.24, 2.45) is 0 Å². The molecule has 2 heterocycles. The minimum Gasteiger partial charge on any atom is -0.493 e. The van der Waals surface area contributed by atoms with E-state index in [-0.39, 0.29) is 11.7 Å². The number of pyridine rings is 1. The van der Waals surface area contributed by atoms with E-state index in [2.05, 4.69) is 26.6 Å². The summed E-state index contributed by atoms with van der Waals surface area (Å²) in [4.78, 5) is 17.6. The lowest BCUT2D eigenvalue weighted by atomic mass is 9.92. The molecule has 0 saturated carbocycles. The minimum absolute atomic E-state index is 0.235. The average molecular weight is 522 g/mol. The summed E-state index contributed by atoms with van der Waals surface area (Å²) in [6.45, 7) is 0. The molecule has 5 rings (SSSR count). The van der Waals surface area contributed by atoms with Crippen molar-refractivity contribution >= 4 is 49.8 Å². The summed E-state index contributed by atoms with van der Waals surface area (Å²) < 4.78 is 16.8.